The first-order valence-electron chi connectivity index (χ1n) is 9.53. The van der Waals surface area contributed by atoms with Crippen LogP contribution in [0.3, 0.4) is 0 Å². The van der Waals surface area contributed by atoms with Crippen LogP contribution in [-0.4, -0.2) is 43.8 Å². The molecule has 2 aromatic rings. The van der Waals surface area contributed by atoms with Crippen LogP contribution >= 0.6 is 11.3 Å². The van der Waals surface area contributed by atoms with Gasteiger partial charge >= 0.3 is 5.97 Å². The van der Waals surface area contributed by atoms with E-state index in [1.807, 2.05) is 0 Å². The summed E-state index contributed by atoms with van der Waals surface area (Å²) in [5.41, 5.74) is 0.725. The molecule has 162 valence electrons. The van der Waals surface area contributed by atoms with E-state index in [1.165, 1.54) is 23.4 Å². The van der Waals surface area contributed by atoms with Crippen LogP contribution in [0.25, 0.3) is 0 Å². The molecule has 0 radical (unpaired) electrons. The fourth-order valence-electron chi connectivity index (χ4n) is 3.13. The van der Waals surface area contributed by atoms with Crippen molar-refractivity contribution in [2.24, 2.45) is 5.92 Å². The molecule has 1 unspecified atom stereocenters. The number of nitrogens with one attached hydrogen (secondary N) is 1. The maximum Gasteiger partial charge on any atom is 0.309 e. The average Bonchev–Trinajstić information content (AvgIpc) is 3.29. The monoisotopic (exact) mass is 454 g/mol. The maximum absolute atomic E-state index is 12.9. The summed E-state index contributed by atoms with van der Waals surface area (Å²) in [6.07, 6.45) is -0.299. The van der Waals surface area contributed by atoms with Crippen LogP contribution in [0, 0.1) is 11.7 Å². The fraction of sp³-hybridized carbons (Fsp3) is 0.400. The second-order valence-electron chi connectivity index (χ2n) is 7.03. The molecule has 1 aromatic carbocycles. The second-order valence-corrected chi connectivity index (χ2v) is 10.1. The molecule has 10 heteroatoms. The summed E-state index contributed by atoms with van der Waals surface area (Å²) in [6.45, 7) is 2.13. The molecule has 1 amide bonds. The minimum Gasteiger partial charge on any atom is -0.452 e. The van der Waals surface area contributed by atoms with Crippen LogP contribution in [-0.2, 0) is 30.9 Å². The van der Waals surface area contributed by atoms with Crippen molar-refractivity contribution >= 4 is 33.2 Å². The summed E-state index contributed by atoms with van der Waals surface area (Å²) in [6, 6.07) is 8.97. The smallest absolute Gasteiger partial charge is 0.309 e. The number of rotatable bonds is 7. The number of amides is 1. The van der Waals surface area contributed by atoms with E-state index < -0.39 is 33.9 Å². The number of thiophene rings is 1. The van der Waals surface area contributed by atoms with Gasteiger partial charge in [0.15, 0.2) is 6.10 Å². The zero-order valence-corrected chi connectivity index (χ0v) is 18.0. The highest BCUT2D eigenvalue weighted by molar-refractivity contribution is 7.91. The molecule has 1 aliphatic heterocycles. The summed E-state index contributed by atoms with van der Waals surface area (Å²) < 4.78 is 44.9. The minimum atomic E-state index is -3.53. The summed E-state index contributed by atoms with van der Waals surface area (Å²) in [7, 11) is -3.53. The number of ether oxygens (including phenoxy) is 1. The van der Waals surface area contributed by atoms with Crippen molar-refractivity contribution in [1.29, 1.82) is 0 Å². The summed E-state index contributed by atoms with van der Waals surface area (Å²) >= 11 is 1.16. The molecule has 1 aromatic heterocycles. The molecule has 1 aliphatic rings. The Hall–Kier alpha value is -2.30. The van der Waals surface area contributed by atoms with E-state index in [4.69, 9.17) is 4.74 Å². The van der Waals surface area contributed by atoms with Gasteiger partial charge in [-0.15, -0.1) is 11.3 Å². The van der Waals surface area contributed by atoms with Crippen LogP contribution in [0.1, 0.15) is 25.3 Å². The molecule has 0 saturated carbocycles. The number of sulfonamides is 1. The predicted octanol–water partition coefficient (Wildman–Crippen LogP) is 2.54. The van der Waals surface area contributed by atoms with Gasteiger partial charge in [-0.05, 0) is 48.9 Å². The van der Waals surface area contributed by atoms with E-state index >= 15 is 0 Å². The molecular weight excluding hydrogens is 431 g/mol. The van der Waals surface area contributed by atoms with Gasteiger partial charge in [0.2, 0.25) is 0 Å². The first kappa shape index (κ1) is 22.4. The van der Waals surface area contributed by atoms with Gasteiger partial charge in [0.05, 0.1) is 5.92 Å². The Balaban J connectivity index is 1.45. The highest BCUT2D eigenvalue weighted by Gasteiger charge is 2.34. The lowest BCUT2D eigenvalue weighted by atomic mass is 9.98. The lowest BCUT2D eigenvalue weighted by molar-refractivity contribution is -0.159. The summed E-state index contributed by atoms with van der Waals surface area (Å²) in [5, 5.41) is 4.35. The van der Waals surface area contributed by atoms with E-state index in [0.29, 0.717) is 12.8 Å². The Morgan fingerprint density at radius 3 is 2.50 bits per heavy atom. The second kappa shape index (κ2) is 9.67. The number of hydrogen-bond acceptors (Lipinski definition) is 6. The minimum absolute atomic E-state index is 0.194. The van der Waals surface area contributed by atoms with Gasteiger partial charge in [-0.25, -0.2) is 12.8 Å². The fourth-order valence-corrected chi connectivity index (χ4v) is 5.74. The highest BCUT2D eigenvalue weighted by atomic mass is 32.2. The zero-order valence-electron chi connectivity index (χ0n) is 16.4. The summed E-state index contributed by atoms with van der Waals surface area (Å²) in [5.74, 6) is -1.77. The third-order valence-electron chi connectivity index (χ3n) is 4.92. The van der Waals surface area contributed by atoms with E-state index in [1.54, 1.807) is 29.6 Å². The normalized spacial score (nSPS) is 16.7. The lowest BCUT2D eigenvalue weighted by Gasteiger charge is -2.30. The number of esters is 1. The molecule has 1 fully saturated rings. The number of halogens is 1. The Morgan fingerprint density at radius 1 is 1.23 bits per heavy atom. The van der Waals surface area contributed by atoms with Crippen molar-refractivity contribution in [3.05, 3.63) is 53.2 Å². The third kappa shape index (κ3) is 5.44. The standard InChI is InChI=1S/C20H23FN2O5S2/c1-14(19(24)22-13-15-4-6-17(21)7-5-15)28-20(25)16-8-10-23(11-9-16)30(26,27)18-3-2-12-29-18/h2-7,12,14,16H,8-11,13H2,1H3,(H,22,24). The quantitative estimate of drug-likeness (QED) is 0.649. The molecule has 1 saturated heterocycles. The maximum atomic E-state index is 12.9. The lowest BCUT2D eigenvalue weighted by Crippen LogP contribution is -2.42. The van der Waals surface area contributed by atoms with E-state index in [2.05, 4.69) is 5.32 Å². The van der Waals surface area contributed by atoms with Gasteiger partial charge in [0, 0.05) is 19.6 Å². The van der Waals surface area contributed by atoms with Gasteiger partial charge in [-0.3, -0.25) is 9.59 Å². The highest BCUT2D eigenvalue weighted by Crippen LogP contribution is 2.27. The van der Waals surface area contributed by atoms with Crippen molar-refractivity contribution in [2.75, 3.05) is 13.1 Å². The number of carbonyl (C=O) groups excluding carboxylic acids is 2. The number of carbonyl (C=O) groups is 2. The van der Waals surface area contributed by atoms with Gasteiger partial charge in [0.1, 0.15) is 10.0 Å². The molecule has 7 nitrogen and oxygen atoms in total. The molecule has 3 rings (SSSR count). The number of piperidine rings is 1. The van der Waals surface area contributed by atoms with Crippen molar-refractivity contribution in [3.63, 3.8) is 0 Å². The van der Waals surface area contributed by atoms with E-state index in [9.17, 15) is 22.4 Å². The van der Waals surface area contributed by atoms with Crippen molar-refractivity contribution in [2.45, 2.75) is 36.6 Å². The van der Waals surface area contributed by atoms with Crippen LogP contribution in [0.2, 0.25) is 0 Å². The van der Waals surface area contributed by atoms with Crippen LogP contribution in [0.4, 0.5) is 4.39 Å². The molecule has 1 N–H and O–H groups in total. The Bertz CT molecular complexity index is 969. The molecule has 30 heavy (non-hydrogen) atoms. The average molecular weight is 455 g/mol. The molecule has 0 aliphatic carbocycles. The molecule has 2 heterocycles. The van der Waals surface area contributed by atoms with E-state index in [-0.39, 0.29) is 29.7 Å². The summed E-state index contributed by atoms with van der Waals surface area (Å²) in [4.78, 5) is 24.6. The van der Waals surface area contributed by atoms with Gasteiger partial charge in [0.25, 0.3) is 15.9 Å². The van der Waals surface area contributed by atoms with Crippen molar-refractivity contribution < 1.29 is 27.1 Å². The number of hydrogen-bond donors (Lipinski definition) is 1. The van der Waals surface area contributed by atoms with Gasteiger partial charge < -0.3 is 10.1 Å². The first-order chi connectivity index (χ1) is 14.3. The molecule has 0 spiro atoms. The third-order valence-corrected chi connectivity index (χ3v) is 8.19. The zero-order chi connectivity index (χ0) is 21.7. The number of nitrogens with zero attached hydrogens (tertiary/aromatic N) is 1. The predicted molar refractivity (Wildman–Crippen MR) is 110 cm³/mol. The van der Waals surface area contributed by atoms with Crippen LogP contribution in [0.15, 0.2) is 46.0 Å². The van der Waals surface area contributed by atoms with Crippen molar-refractivity contribution in [1.82, 2.24) is 9.62 Å². The largest absolute Gasteiger partial charge is 0.452 e. The Kier molecular flexibility index (Phi) is 7.22. The van der Waals surface area contributed by atoms with Crippen LogP contribution < -0.4 is 5.32 Å². The topological polar surface area (TPSA) is 92.8 Å². The molecule has 1 atom stereocenters. The number of benzene rings is 1. The van der Waals surface area contributed by atoms with E-state index in [0.717, 1.165) is 16.9 Å². The Morgan fingerprint density at radius 2 is 1.90 bits per heavy atom. The molecule has 0 bridgehead atoms. The molecular formula is C20H23FN2O5S2. The first-order valence-corrected chi connectivity index (χ1v) is 11.9. The van der Waals surface area contributed by atoms with Gasteiger partial charge in [-0.1, -0.05) is 18.2 Å². The van der Waals surface area contributed by atoms with Crippen LogP contribution in [0.5, 0.6) is 0 Å². The SMILES string of the molecule is CC(OC(=O)C1CCN(S(=O)(=O)c2cccs2)CC1)C(=O)NCc1ccc(F)cc1. The Labute approximate surface area is 178 Å². The van der Waals surface area contributed by atoms with Crippen molar-refractivity contribution in [3.8, 4) is 0 Å². The van der Waals surface area contributed by atoms with Gasteiger partial charge in [-0.2, -0.15) is 4.31 Å².